The SMILES string of the molecule is CCC(C)(NC(=O)CC(C)c1ccccc1C(F)(F)F)C(=O)O. The minimum atomic E-state index is -4.50. The van der Waals surface area contributed by atoms with Crippen molar-refractivity contribution in [3.63, 3.8) is 0 Å². The molecular formula is C16H20F3NO3. The van der Waals surface area contributed by atoms with E-state index >= 15 is 0 Å². The Bertz CT molecular complexity index is 586. The third kappa shape index (κ3) is 4.71. The van der Waals surface area contributed by atoms with E-state index in [9.17, 15) is 22.8 Å². The van der Waals surface area contributed by atoms with E-state index in [0.717, 1.165) is 6.07 Å². The number of carbonyl (C=O) groups excluding carboxylic acids is 1. The summed E-state index contributed by atoms with van der Waals surface area (Å²) in [5, 5.41) is 11.5. The van der Waals surface area contributed by atoms with E-state index in [1.165, 1.54) is 32.0 Å². The average molecular weight is 331 g/mol. The lowest BCUT2D eigenvalue weighted by Gasteiger charge is -2.26. The van der Waals surface area contributed by atoms with Gasteiger partial charge < -0.3 is 10.4 Å². The molecule has 0 radical (unpaired) electrons. The molecule has 2 atom stereocenters. The van der Waals surface area contributed by atoms with E-state index in [0.29, 0.717) is 0 Å². The molecule has 0 aliphatic carbocycles. The Kier molecular flexibility index (Phi) is 5.80. The summed E-state index contributed by atoms with van der Waals surface area (Å²) in [7, 11) is 0. The summed E-state index contributed by atoms with van der Waals surface area (Å²) in [6.45, 7) is 4.48. The molecule has 0 saturated carbocycles. The molecule has 0 aliphatic heterocycles. The molecule has 0 heterocycles. The van der Waals surface area contributed by atoms with Crippen LogP contribution in [0, 0.1) is 0 Å². The van der Waals surface area contributed by atoms with Crippen LogP contribution in [-0.2, 0) is 15.8 Å². The molecule has 1 aromatic carbocycles. The number of carboxylic acid groups (broad SMARTS) is 1. The molecule has 0 fully saturated rings. The van der Waals surface area contributed by atoms with E-state index in [1.807, 2.05) is 0 Å². The first-order valence-electron chi connectivity index (χ1n) is 7.21. The van der Waals surface area contributed by atoms with Crippen LogP contribution < -0.4 is 5.32 Å². The molecule has 1 amide bonds. The van der Waals surface area contributed by atoms with Gasteiger partial charge in [0.15, 0.2) is 0 Å². The Morgan fingerprint density at radius 2 is 1.83 bits per heavy atom. The van der Waals surface area contributed by atoms with Crippen LogP contribution in [0.4, 0.5) is 13.2 Å². The second-order valence-corrected chi connectivity index (χ2v) is 5.73. The fourth-order valence-electron chi connectivity index (χ4n) is 2.22. The van der Waals surface area contributed by atoms with Gasteiger partial charge in [0.2, 0.25) is 5.91 Å². The van der Waals surface area contributed by atoms with Crippen LogP contribution in [0.15, 0.2) is 24.3 Å². The van der Waals surface area contributed by atoms with Crippen molar-refractivity contribution >= 4 is 11.9 Å². The lowest BCUT2D eigenvalue weighted by atomic mass is 9.91. The third-order valence-corrected chi connectivity index (χ3v) is 3.88. The molecule has 0 saturated heterocycles. The zero-order valence-electron chi connectivity index (χ0n) is 13.2. The fraction of sp³-hybridized carbons (Fsp3) is 0.500. The smallest absolute Gasteiger partial charge is 0.416 e. The quantitative estimate of drug-likeness (QED) is 0.837. The molecule has 1 rings (SSSR count). The molecule has 0 spiro atoms. The predicted octanol–water partition coefficient (Wildman–Crippen LogP) is 3.57. The van der Waals surface area contributed by atoms with Crippen LogP contribution in [0.25, 0.3) is 0 Å². The highest BCUT2D eigenvalue weighted by Crippen LogP contribution is 2.36. The summed E-state index contributed by atoms with van der Waals surface area (Å²) in [4.78, 5) is 23.2. The molecule has 4 nitrogen and oxygen atoms in total. The van der Waals surface area contributed by atoms with Gasteiger partial charge in [-0.3, -0.25) is 4.79 Å². The molecule has 1 aromatic rings. The van der Waals surface area contributed by atoms with Gasteiger partial charge >= 0.3 is 12.1 Å². The van der Waals surface area contributed by atoms with E-state index in [2.05, 4.69) is 5.32 Å². The highest BCUT2D eigenvalue weighted by Gasteiger charge is 2.36. The van der Waals surface area contributed by atoms with Crippen LogP contribution in [0.2, 0.25) is 0 Å². The van der Waals surface area contributed by atoms with Crippen LogP contribution in [0.1, 0.15) is 50.7 Å². The normalized spacial score (nSPS) is 15.6. The number of benzene rings is 1. The summed E-state index contributed by atoms with van der Waals surface area (Å²) in [5.74, 6) is -2.47. The van der Waals surface area contributed by atoms with Gasteiger partial charge in [-0.15, -0.1) is 0 Å². The number of carboxylic acids is 1. The minimum absolute atomic E-state index is 0.0173. The van der Waals surface area contributed by atoms with Crippen LogP contribution in [-0.4, -0.2) is 22.5 Å². The van der Waals surface area contributed by atoms with Crippen molar-refractivity contribution in [2.24, 2.45) is 0 Å². The Labute approximate surface area is 132 Å². The maximum Gasteiger partial charge on any atom is 0.416 e. The second-order valence-electron chi connectivity index (χ2n) is 5.73. The molecule has 128 valence electrons. The Morgan fingerprint density at radius 1 is 1.26 bits per heavy atom. The first-order chi connectivity index (χ1) is 10.5. The summed E-state index contributed by atoms with van der Waals surface area (Å²) in [6.07, 6.45) is -4.56. The summed E-state index contributed by atoms with van der Waals surface area (Å²) in [6, 6.07) is 5.07. The van der Waals surface area contributed by atoms with E-state index in [-0.39, 0.29) is 18.4 Å². The lowest BCUT2D eigenvalue weighted by molar-refractivity contribution is -0.147. The number of alkyl halides is 3. The molecule has 2 unspecified atom stereocenters. The van der Waals surface area contributed by atoms with Crippen molar-refractivity contribution in [2.45, 2.75) is 51.2 Å². The zero-order valence-corrected chi connectivity index (χ0v) is 13.2. The van der Waals surface area contributed by atoms with Gasteiger partial charge in [0, 0.05) is 6.42 Å². The van der Waals surface area contributed by atoms with Crippen LogP contribution in [0.3, 0.4) is 0 Å². The van der Waals surface area contributed by atoms with Gasteiger partial charge in [-0.05, 0) is 30.9 Å². The first-order valence-corrected chi connectivity index (χ1v) is 7.21. The van der Waals surface area contributed by atoms with E-state index in [4.69, 9.17) is 5.11 Å². The lowest BCUT2D eigenvalue weighted by Crippen LogP contribution is -2.51. The number of amides is 1. The van der Waals surface area contributed by atoms with E-state index in [1.54, 1.807) is 6.92 Å². The molecule has 2 N–H and O–H groups in total. The molecule has 0 aliphatic rings. The van der Waals surface area contributed by atoms with Crippen molar-refractivity contribution in [3.8, 4) is 0 Å². The molecular weight excluding hydrogens is 311 g/mol. The number of halogens is 3. The summed E-state index contributed by atoms with van der Waals surface area (Å²) in [5.41, 5.74) is -2.19. The fourth-order valence-corrected chi connectivity index (χ4v) is 2.22. The highest BCUT2D eigenvalue weighted by molar-refractivity contribution is 5.86. The molecule has 23 heavy (non-hydrogen) atoms. The molecule has 7 heteroatoms. The van der Waals surface area contributed by atoms with Crippen molar-refractivity contribution in [2.75, 3.05) is 0 Å². The highest BCUT2D eigenvalue weighted by atomic mass is 19.4. The average Bonchev–Trinajstić information content (AvgIpc) is 2.45. The van der Waals surface area contributed by atoms with Crippen molar-refractivity contribution < 1.29 is 27.9 Å². The Hall–Kier alpha value is -2.05. The minimum Gasteiger partial charge on any atom is -0.480 e. The topological polar surface area (TPSA) is 66.4 Å². The number of hydrogen-bond acceptors (Lipinski definition) is 2. The van der Waals surface area contributed by atoms with Crippen LogP contribution >= 0.6 is 0 Å². The third-order valence-electron chi connectivity index (χ3n) is 3.88. The van der Waals surface area contributed by atoms with Gasteiger partial charge in [0.1, 0.15) is 5.54 Å². The number of carbonyl (C=O) groups is 2. The number of hydrogen-bond donors (Lipinski definition) is 2. The van der Waals surface area contributed by atoms with Crippen molar-refractivity contribution in [3.05, 3.63) is 35.4 Å². The maximum absolute atomic E-state index is 13.0. The van der Waals surface area contributed by atoms with Crippen molar-refractivity contribution in [1.29, 1.82) is 0 Å². The van der Waals surface area contributed by atoms with Gasteiger partial charge in [0.25, 0.3) is 0 Å². The van der Waals surface area contributed by atoms with E-state index < -0.39 is 35.1 Å². The predicted molar refractivity (Wildman–Crippen MR) is 79.0 cm³/mol. The summed E-state index contributed by atoms with van der Waals surface area (Å²) < 4.78 is 39.0. The monoisotopic (exact) mass is 331 g/mol. The molecule has 0 aromatic heterocycles. The van der Waals surface area contributed by atoms with Gasteiger partial charge in [-0.2, -0.15) is 13.2 Å². The van der Waals surface area contributed by atoms with Crippen LogP contribution in [0.5, 0.6) is 0 Å². The number of nitrogens with one attached hydrogen (secondary N) is 1. The standard InChI is InChI=1S/C16H20F3NO3/c1-4-15(3,14(22)23)20-13(21)9-10(2)11-7-5-6-8-12(11)16(17,18)19/h5-8,10H,4,9H2,1-3H3,(H,20,21)(H,22,23). The second kappa shape index (κ2) is 7.02. The Balaban J connectivity index is 2.91. The van der Waals surface area contributed by atoms with Gasteiger partial charge in [-0.25, -0.2) is 4.79 Å². The number of aliphatic carboxylic acids is 1. The van der Waals surface area contributed by atoms with Crippen molar-refractivity contribution in [1.82, 2.24) is 5.32 Å². The largest absolute Gasteiger partial charge is 0.480 e. The molecule has 0 bridgehead atoms. The zero-order chi connectivity index (χ0) is 17.8. The Morgan fingerprint density at radius 3 is 2.30 bits per heavy atom. The van der Waals surface area contributed by atoms with Gasteiger partial charge in [0.05, 0.1) is 5.56 Å². The first kappa shape index (κ1) is 19.0. The van der Waals surface area contributed by atoms with Gasteiger partial charge in [-0.1, -0.05) is 32.0 Å². The maximum atomic E-state index is 13.0. The number of rotatable bonds is 6. The summed E-state index contributed by atoms with van der Waals surface area (Å²) >= 11 is 0.